The molecule has 6 nitrogen and oxygen atoms in total. The van der Waals surface area contributed by atoms with Gasteiger partial charge < -0.3 is 15.2 Å². The van der Waals surface area contributed by atoms with Crippen molar-refractivity contribution in [1.82, 2.24) is 10.3 Å². The Labute approximate surface area is 173 Å². The van der Waals surface area contributed by atoms with Crippen molar-refractivity contribution < 1.29 is 19.4 Å². The first-order valence-corrected chi connectivity index (χ1v) is 9.51. The predicted octanol–water partition coefficient (Wildman–Crippen LogP) is 3.82. The van der Waals surface area contributed by atoms with Gasteiger partial charge in [0, 0.05) is 17.2 Å². The highest BCUT2D eigenvalue weighted by Crippen LogP contribution is 2.26. The van der Waals surface area contributed by atoms with Crippen LogP contribution < -0.4 is 10.1 Å². The molecule has 1 atom stereocenters. The number of carboxylic acid groups (broad SMARTS) is 1. The first-order chi connectivity index (χ1) is 14.6. The summed E-state index contributed by atoms with van der Waals surface area (Å²) < 4.78 is 5.20. The van der Waals surface area contributed by atoms with E-state index in [2.05, 4.69) is 10.3 Å². The monoisotopic (exact) mass is 400 g/mol. The van der Waals surface area contributed by atoms with Gasteiger partial charge in [0.1, 0.15) is 11.8 Å². The average molecular weight is 400 g/mol. The van der Waals surface area contributed by atoms with Gasteiger partial charge in [-0.15, -0.1) is 0 Å². The maximum absolute atomic E-state index is 13.3. The number of rotatable bonds is 6. The molecule has 0 aliphatic carbocycles. The van der Waals surface area contributed by atoms with Gasteiger partial charge in [-0.3, -0.25) is 4.79 Å². The van der Waals surface area contributed by atoms with E-state index in [0.717, 1.165) is 5.56 Å². The SMILES string of the molecule is COc1cccc(C[C@H](NC(=O)c2c3ccccc3nc3ccccc23)C(=O)O)c1. The zero-order valence-corrected chi connectivity index (χ0v) is 16.3. The number of hydrogen-bond donors (Lipinski definition) is 2. The average Bonchev–Trinajstić information content (AvgIpc) is 2.76. The number of aromatic nitrogens is 1. The molecule has 0 spiro atoms. The number of carbonyl (C=O) groups is 2. The van der Waals surface area contributed by atoms with Crippen molar-refractivity contribution in [2.24, 2.45) is 0 Å². The highest BCUT2D eigenvalue weighted by atomic mass is 16.5. The third-order valence-electron chi connectivity index (χ3n) is 4.99. The molecule has 0 bridgehead atoms. The number of aliphatic carboxylic acids is 1. The van der Waals surface area contributed by atoms with Crippen LogP contribution in [0.3, 0.4) is 0 Å². The lowest BCUT2D eigenvalue weighted by molar-refractivity contribution is -0.139. The maximum atomic E-state index is 13.3. The lowest BCUT2D eigenvalue weighted by Crippen LogP contribution is -2.42. The first kappa shape index (κ1) is 19.4. The molecule has 0 aliphatic rings. The topological polar surface area (TPSA) is 88.5 Å². The maximum Gasteiger partial charge on any atom is 0.326 e. The Bertz CT molecular complexity index is 1200. The number of benzene rings is 3. The summed E-state index contributed by atoms with van der Waals surface area (Å²) in [5.41, 5.74) is 2.54. The Hall–Kier alpha value is -3.93. The van der Waals surface area contributed by atoms with E-state index in [9.17, 15) is 14.7 Å². The fourth-order valence-electron chi connectivity index (χ4n) is 3.55. The van der Waals surface area contributed by atoms with Gasteiger partial charge >= 0.3 is 5.97 Å². The quantitative estimate of drug-likeness (QED) is 0.480. The van der Waals surface area contributed by atoms with Gasteiger partial charge in [0.2, 0.25) is 0 Å². The van der Waals surface area contributed by atoms with Crippen LogP contribution in [-0.4, -0.2) is 35.1 Å². The summed E-state index contributed by atoms with van der Waals surface area (Å²) in [5, 5.41) is 13.8. The summed E-state index contributed by atoms with van der Waals surface area (Å²) >= 11 is 0. The summed E-state index contributed by atoms with van der Waals surface area (Å²) in [4.78, 5) is 29.8. The van der Waals surface area contributed by atoms with Crippen LogP contribution in [0.5, 0.6) is 5.75 Å². The van der Waals surface area contributed by atoms with E-state index >= 15 is 0 Å². The Morgan fingerprint density at radius 1 is 0.967 bits per heavy atom. The van der Waals surface area contributed by atoms with Crippen LogP contribution in [0, 0.1) is 0 Å². The van der Waals surface area contributed by atoms with Gasteiger partial charge in [0.05, 0.1) is 23.7 Å². The largest absolute Gasteiger partial charge is 0.497 e. The number of ether oxygens (including phenoxy) is 1. The number of carboxylic acids is 1. The Morgan fingerprint density at radius 3 is 2.20 bits per heavy atom. The standard InChI is InChI=1S/C24H20N2O4/c1-30-16-8-6-7-15(13-16)14-21(24(28)29)26-23(27)22-17-9-2-4-11-19(17)25-20-12-5-3-10-18(20)22/h2-13,21H,14H2,1H3,(H,26,27)(H,28,29)/t21-/m0/s1. The van der Waals surface area contributed by atoms with Gasteiger partial charge in [0.15, 0.2) is 0 Å². The molecule has 150 valence electrons. The van der Waals surface area contributed by atoms with Gasteiger partial charge in [0.25, 0.3) is 5.91 Å². The number of nitrogens with zero attached hydrogens (tertiary/aromatic N) is 1. The Morgan fingerprint density at radius 2 is 1.60 bits per heavy atom. The molecular formula is C24H20N2O4. The number of fused-ring (bicyclic) bond motifs is 2. The molecule has 0 saturated heterocycles. The minimum Gasteiger partial charge on any atom is -0.497 e. The molecule has 30 heavy (non-hydrogen) atoms. The second-order valence-corrected chi connectivity index (χ2v) is 6.94. The predicted molar refractivity (Wildman–Crippen MR) is 115 cm³/mol. The molecule has 0 saturated carbocycles. The number of hydrogen-bond acceptors (Lipinski definition) is 4. The van der Waals surface area contributed by atoms with Crippen molar-refractivity contribution in [1.29, 1.82) is 0 Å². The molecule has 6 heteroatoms. The summed E-state index contributed by atoms with van der Waals surface area (Å²) in [7, 11) is 1.55. The van der Waals surface area contributed by atoms with Gasteiger partial charge in [-0.25, -0.2) is 9.78 Å². The van der Waals surface area contributed by atoms with Gasteiger partial charge in [-0.2, -0.15) is 0 Å². The Balaban J connectivity index is 1.72. The molecule has 3 aromatic carbocycles. The second-order valence-electron chi connectivity index (χ2n) is 6.94. The van der Waals surface area contributed by atoms with E-state index in [0.29, 0.717) is 33.1 Å². The highest BCUT2D eigenvalue weighted by Gasteiger charge is 2.24. The molecule has 4 aromatic rings. The fourth-order valence-corrected chi connectivity index (χ4v) is 3.55. The molecule has 1 aromatic heterocycles. The number of carbonyl (C=O) groups excluding carboxylic acids is 1. The van der Waals surface area contributed by atoms with Gasteiger partial charge in [-0.05, 0) is 29.8 Å². The van der Waals surface area contributed by atoms with Crippen LogP contribution in [0.1, 0.15) is 15.9 Å². The number of pyridine rings is 1. The van der Waals surface area contributed by atoms with Gasteiger partial charge in [-0.1, -0.05) is 48.5 Å². The minimum atomic E-state index is -1.10. The van der Waals surface area contributed by atoms with Crippen LogP contribution >= 0.6 is 0 Å². The van der Waals surface area contributed by atoms with E-state index in [1.165, 1.54) is 0 Å². The first-order valence-electron chi connectivity index (χ1n) is 9.51. The zero-order chi connectivity index (χ0) is 21.1. The number of methoxy groups -OCH3 is 1. The number of para-hydroxylation sites is 2. The molecule has 1 heterocycles. The van der Waals surface area contributed by atoms with Crippen molar-refractivity contribution in [3.8, 4) is 5.75 Å². The molecular weight excluding hydrogens is 380 g/mol. The van der Waals surface area contributed by atoms with Crippen molar-refractivity contribution in [3.63, 3.8) is 0 Å². The fraction of sp³-hybridized carbons (Fsp3) is 0.125. The number of amides is 1. The molecule has 0 radical (unpaired) electrons. The van der Waals surface area contributed by atoms with Crippen molar-refractivity contribution >= 4 is 33.7 Å². The third-order valence-corrected chi connectivity index (χ3v) is 4.99. The zero-order valence-electron chi connectivity index (χ0n) is 16.3. The molecule has 1 amide bonds. The Kier molecular flexibility index (Phi) is 5.30. The minimum absolute atomic E-state index is 0.138. The smallest absolute Gasteiger partial charge is 0.326 e. The van der Waals surface area contributed by atoms with Crippen LogP contribution in [0.25, 0.3) is 21.8 Å². The normalized spacial score (nSPS) is 11.9. The second kappa shape index (κ2) is 8.21. The van der Waals surface area contributed by atoms with E-state index in [1.54, 1.807) is 25.3 Å². The lowest BCUT2D eigenvalue weighted by atomic mass is 10.0. The third kappa shape index (κ3) is 3.80. The van der Waals surface area contributed by atoms with E-state index in [1.807, 2.05) is 54.6 Å². The van der Waals surface area contributed by atoms with E-state index in [4.69, 9.17) is 4.74 Å². The lowest BCUT2D eigenvalue weighted by Gasteiger charge is -2.17. The molecule has 2 N–H and O–H groups in total. The summed E-state index contributed by atoms with van der Waals surface area (Å²) in [6, 6.07) is 20.8. The summed E-state index contributed by atoms with van der Waals surface area (Å²) in [5.74, 6) is -0.914. The van der Waals surface area contributed by atoms with E-state index < -0.39 is 17.9 Å². The number of nitrogens with one attached hydrogen (secondary N) is 1. The molecule has 4 rings (SSSR count). The van der Waals surface area contributed by atoms with Crippen molar-refractivity contribution in [3.05, 3.63) is 83.9 Å². The van der Waals surface area contributed by atoms with Crippen LogP contribution in [0.4, 0.5) is 0 Å². The van der Waals surface area contributed by atoms with Crippen molar-refractivity contribution in [2.75, 3.05) is 7.11 Å². The van der Waals surface area contributed by atoms with Crippen LogP contribution in [0.2, 0.25) is 0 Å². The van der Waals surface area contributed by atoms with Crippen LogP contribution in [0.15, 0.2) is 72.8 Å². The van der Waals surface area contributed by atoms with E-state index in [-0.39, 0.29) is 6.42 Å². The highest BCUT2D eigenvalue weighted by molar-refractivity contribution is 6.16. The van der Waals surface area contributed by atoms with Crippen LogP contribution in [-0.2, 0) is 11.2 Å². The molecule has 0 fully saturated rings. The summed E-state index contributed by atoms with van der Waals surface area (Å²) in [6.07, 6.45) is 0.138. The van der Waals surface area contributed by atoms with Crippen molar-refractivity contribution in [2.45, 2.75) is 12.5 Å². The molecule has 0 unspecified atom stereocenters. The molecule has 0 aliphatic heterocycles. The summed E-state index contributed by atoms with van der Waals surface area (Å²) in [6.45, 7) is 0.